The molecule has 1 aliphatic rings. The van der Waals surface area contributed by atoms with Gasteiger partial charge in [-0.3, -0.25) is 0 Å². The molecule has 0 aromatic carbocycles. The van der Waals surface area contributed by atoms with Crippen molar-refractivity contribution in [3.8, 4) is 0 Å². The van der Waals surface area contributed by atoms with Crippen LogP contribution in [0.5, 0.6) is 0 Å². The maximum Gasteiger partial charge on any atom is 0.241 e. The van der Waals surface area contributed by atoms with Gasteiger partial charge in [0.15, 0.2) is 0 Å². The molecule has 0 bridgehead atoms. The third kappa shape index (κ3) is 2.49. The van der Waals surface area contributed by atoms with Gasteiger partial charge < -0.3 is 0 Å². The molecule has 4 heteroatoms. The molecule has 0 N–H and O–H groups in total. The van der Waals surface area contributed by atoms with Crippen molar-refractivity contribution in [3.63, 3.8) is 0 Å². The molecule has 0 atom stereocenters. The summed E-state index contributed by atoms with van der Waals surface area (Å²) in [5, 5.41) is 1.44. The second-order valence-corrected chi connectivity index (χ2v) is 5.30. The van der Waals surface area contributed by atoms with Crippen LogP contribution in [0.25, 0.3) is 0 Å². The standard InChI is InChI=1S/C11H12ClNOS/c12-9-6-10(13-7-14)15-11(9)8-4-2-1-3-5-8/h6,8H,1-5H2. The number of nitrogens with zero attached hydrogens (tertiary/aromatic N) is 1. The lowest BCUT2D eigenvalue weighted by Crippen LogP contribution is -2.02. The van der Waals surface area contributed by atoms with Crippen LogP contribution in [-0.2, 0) is 4.79 Å². The topological polar surface area (TPSA) is 29.4 Å². The van der Waals surface area contributed by atoms with E-state index < -0.39 is 0 Å². The lowest BCUT2D eigenvalue weighted by Gasteiger charge is -2.20. The third-order valence-corrected chi connectivity index (χ3v) is 4.45. The molecule has 1 aliphatic carbocycles. The van der Waals surface area contributed by atoms with Crippen molar-refractivity contribution in [1.82, 2.24) is 0 Å². The summed E-state index contributed by atoms with van der Waals surface area (Å²) in [7, 11) is 0. The van der Waals surface area contributed by atoms with E-state index >= 15 is 0 Å². The second-order valence-electron chi connectivity index (χ2n) is 3.83. The van der Waals surface area contributed by atoms with Gasteiger partial charge in [-0.1, -0.05) is 30.9 Å². The first kappa shape index (κ1) is 10.9. The molecular weight excluding hydrogens is 230 g/mol. The van der Waals surface area contributed by atoms with Crippen LogP contribution in [-0.4, -0.2) is 6.08 Å². The summed E-state index contributed by atoms with van der Waals surface area (Å²) < 4.78 is 0. The summed E-state index contributed by atoms with van der Waals surface area (Å²) in [6, 6.07) is 1.76. The van der Waals surface area contributed by atoms with Crippen LogP contribution in [0, 0.1) is 0 Å². The average molecular weight is 242 g/mol. The fraction of sp³-hybridized carbons (Fsp3) is 0.545. The van der Waals surface area contributed by atoms with E-state index in [2.05, 4.69) is 4.99 Å². The maximum atomic E-state index is 10.1. The molecule has 0 aliphatic heterocycles. The SMILES string of the molecule is O=C=Nc1cc(Cl)c(C2CCCCC2)s1. The number of hydrogen-bond donors (Lipinski definition) is 0. The van der Waals surface area contributed by atoms with Crippen molar-refractivity contribution in [2.75, 3.05) is 0 Å². The van der Waals surface area contributed by atoms with E-state index in [-0.39, 0.29) is 0 Å². The Bertz CT molecular complexity index is 389. The summed E-state index contributed by atoms with van der Waals surface area (Å²) in [6.45, 7) is 0. The summed E-state index contributed by atoms with van der Waals surface area (Å²) in [5.74, 6) is 0.576. The summed E-state index contributed by atoms with van der Waals surface area (Å²) in [4.78, 5) is 15.0. The van der Waals surface area contributed by atoms with E-state index in [0.29, 0.717) is 10.9 Å². The van der Waals surface area contributed by atoms with Crippen molar-refractivity contribution in [3.05, 3.63) is 16.0 Å². The zero-order chi connectivity index (χ0) is 10.7. The van der Waals surface area contributed by atoms with Crippen LogP contribution in [0.3, 0.4) is 0 Å². The first-order chi connectivity index (χ1) is 7.31. The largest absolute Gasteiger partial charge is 0.241 e. The molecule has 1 fully saturated rings. The van der Waals surface area contributed by atoms with Gasteiger partial charge >= 0.3 is 0 Å². The lowest BCUT2D eigenvalue weighted by atomic mass is 9.88. The fourth-order valence-electron chi connectivity index (χ4n) is 2.11. The minimum absolute atomic E-state index is 0.576. The Kier molecular flexibility index (Phi) is 3.57. The fourth-order valence-corrected chi connectivity index (χ4v) is 3.60. The Hall–Kier alpha value is -0.630. The summed E-state index contributed by atoms with van der Waals surface area (Å²) >= 11 is 7.66. The second kappa shape index (κ2) is 4.93. The number of rotatable bonds is 2. The zero-order valence-corrected chi connectivity index (χ0v) is 9.90. The first-order valence-electron chi connectivity index (χ1n) is 5.18. The molecular formula is C11H12ClNOS. The van der Waals surface area contributed by atoms with E-state index in [9.17, 15) is 4.79 Å². The normalized spacial score (nSPS) is 17.4. The molecule has 0 saturated heterocycles. The number of thiophene rings is 1. The van der Waals surface area contributed by atoms with E-state index in [1.165, 1.54) is 48.3 Å². The predicted molar refractivity (Wildman–Crippen MR) is 62.9 cm³/mol. The van der Waals surface area contributed by atoms with Crippen molar-refractivity contribution in [1.29, 1.82) is 0 Å². The molecule has 2 rings (SSSR count). The molecule has 1 heterocycles. The van der Waals surface area contributed by atoms with Gasteiger partial charge in [-0.2, -0.15) is 4.99 Å². The summed E-state index contributed by atoms with van der Waals surface area (Å²) in [5.41, 5.74) is 0. The Labute approximate surface area is 98.0 Å². The number of carbonyl (C=O) groups excluding carboxylic acids is 1. The molecule has 1 aromatic rings. The number of aliphatic imine (C=N–C) groups is 1. The van der Waals surface area contributed by atoms with Gasteiger partial charge in [-0.05, 0) is 24.8 Å². The van der Waals surface area contributed by atoms with Gasteiger partial charge in [0.05, 0.1) is 5.02 Å². The smallest absolute Gasteiger partial charge is 0.211 e. The highest BCUT2D eigenvalue weighted by atomic mass is 35.5. The van der Waals surface area contributed by atoms with Crippen molar-refractivity contribution in [2.24, 2.45) is 4.99 Å². The van der Waals surface area contributed by atoms with Gasteiger partial charge in [-0.25, -0.2) is 4.79 Å². The molecule has 1 aromatic heterocycles. The monoisotopic (exact) mass is 241 g/mol. The van der Waals surface area contributed by atoms with Crippen molar-refractivity contribution < 1.29 is 4.79 Å². The molecule has 80 valence electrons. The highest BCUT2D eigenvalue weighted by Gasteiger charge is 2.20. The van der Waals surface area contributed by atoms with E-state index in [1.807, 2.05) is 0 Å². The molecule has 0 spiro atoms. The summed E-state index contributed by atoms with van der Waals surface area (Å²) in [6.07, 6.45) is 7.88. The molecule has 0 amide bonds. The van der Waals surface area contributed by atoms with Crippen LogP contribution in [0.2, 0.25) is 5.02 Å². The van der Waals surface area contributed by atoms with Gasteiger partial charge in [0.25, 0.3) is 0 Å². The van der Waals surface area contributed by atoms with Crippen LogP contribution < -0.4 is 0 Å². The minimum Gasteiger partial charge on any atom is -0.211 e. The number of isocyanates is 1. The van der Waals surface area contributed by atoms with E-state index in [1.54, 1.807) is 12.1 Å². The Morgan fingerprint density at radius 2 is 2.13 bits per heavy atom. The number of hydrogen-bond acceptors (Lipinski definition) is 3. The highest BCUT2D eigenvalue weighted by molar-refractivity contribution is 7.16. The van der Waals surface area contributed by atoms with Gasteiger partial charge in [-0.15, -0.1) is 11.3 Å². The van der Waals surface area contributed by atoms with Gasteiger partial charge in [0, 0.05) is 4.88 Å². The predicted octanol–water partition coefficient (Wildman–Crippen LogP) is 4.42. The maximum absolute atomic E-state index is 10.1. The minimum atomic E-state index is 0.576. The quantitative estimate of drug-likeness (QED) is 0.557. The highest BCUT2D eigenvalue weighted by Crippen LogP contribution is 2.43. The van der Waals surface area contributed by atoms with Gasteiger partial charge in [0.2, 0.25) is 6.08 Å². The Morgan fingerprint density at radius 3 is 2.80 bits per heavy atom. The van der Waals surface area contributed by atoms with Crippen LogP contribution in [0.1, 0.15) is 42.9 Å². The van der Waals surface area contributed by atoms with Crippen molar-refractivity contribution >= 4 is 34.0 Å². The lowest BCUT2D eigenvalue weighted by molar-refractivity contribution is 0.448. The average Bonchev–Trinajstić information content (AvgIpc) is 2.61. The molecule has 0 unspecified atom stereocenters. The molecule has 0 radical (unpaired) electrons. The van der Waals surface area contributed by atoms with Gasteiger partial charge in [0.1, 0.15) is 5.00 Å². The molecule has 15 heavy (non-hydrogen) atoms. The Morgan fingerprint density at radius 1 is 1.40 bits per heavy atom. The van der Waals surface area contributed by atoms with Crippen LogP contribution in [0.15, 0.2) is 11.1 Å². The Balaban J connectivity index is 2.22. The third-order valence-electron chi connectivity index (χ3n) is 2.83. The van der Waals surface area contributed by atoms with Crippen molar-refractivity contribution in [2.45, 2.75) is 38.0 Å². The zero-order valence-electron chi connectivity index (χ0n) is 8.33. The van der Waals surface area contributed by atoms with E-state index in [0.717, 1.165) is 5.02 Å². The number of halogens is 1. The van der Waals surface area contributed by atoms with Crippen LogP contribution >= 0.6 is 22.9 Å². The van der Waals surface area contributed by atoms with Crippen LogP contribution in [0.4, 0.5) is 5.00 Å². The first-order valence-corrected chi connectivity index (χ1v) is 6.38. The molecule has 1 saturated carbocycles. The molecule has 2 nitrogen and oxygen atoms in total. The van der Waals surface area contributed by atoms with E-state index in [4.69, 9.17) is 11.6 Å².